The average Bonchev–Trinajstić information content (AvgIpc) is 2.89. The largest absolute Gasteiger partial charge is 0.279 e. The van der Waals surface area contributed by atoms with E-state index >= 15 is 0 Å². The second-order valence-corrected chi connectivity index (χ2v) is 5.29. The standard InChI is InChI=1S/C14H11N3O2S/c1-2-9-7-11-14(15-8-9)20-13(16-11)10-5-3-4-6-12(10)17(18)19/h3-8H,2H2,1H3. The van der Waals surface area contributed by atoms with Gasteiger partial charge in [0.25, 0.3) is 5.69 Å². The molecular formula is C14H11N3O2S. The predicted octanol–water partition coefficient (Wildman–Crippen LogP) is 3.83. The van der Waals surface area contributed by atoms with Crippen LogP contribution in [0.5, 0.6) is 0 Å². The molecule has 5 nitrogen and oxygen atoms in total. The Morgan fingerprint density at radius 1 is 1.35 bits per heavy atom. The van der Waals surface area contributed by atoms with Crippen LogP contribution in [0.3, 0.4) is 0 Å². The van der Waals surface area contributed by atoms with Gasteiger partial charge in [-0.25, -0.2) is 9.97 Å². The summed E-state index contributed by atoms with van der Waals surface area (Å²) < 4.78 is 0. The zero-order valence-corrected chi connectivity index (χ0v) is 11.6. The Bertz CT molecular complexity index is 798. The van der Waals surface area contributed by atoms with E-state index in [-0.39, 0.29) is 10.6 Å². The van der Waals surface area contributed by atoms with E-state index in [9.17, 15) is 10.1 Å². The molecule has 6 heteroatoms. The van der Waals surface area contributed by atoms with Crippen molar-refractivity contribution in [2.75, 3.05) is 0 Å². The molecule has 3 rings (SSSR count). The molecule has 0 aliphatic rings. The van der Waals surface area contributed by atoms with Crippen molar-refractivity contribution in [2.24, 2.45) is 0 Å². The molecule has 0 aliphatic heterocycles. The van der Waals surface area contributed by atoms with Gasteiger partial charge < -0.3 is 0 Å². The lowest BCUT2D eigenvalue weighted by atomic mass is 10.2. The summed E-state index contributed by atoms with van der Waals surface area (Å²) in [6.45, 7) is 2.05. The van der Waals surface area contributed by atoms with E-state index < -0.39 is 0 Å². The van der Waals surface area contributed by atoms with Gasteiger partial charge in [-0.15, -0.1) is 0 Å². The number of thiazole rings is 1. The first-order valence-electron chi connectivity index (χ1n) is 6.18. The highest BCUT2D eigenvalue weighted by Gasteiger charge is 2.17. The van der Waals surface area contributed by atoms with E-state index in [1.54, 1.807) is 18.2 Å². The van der Waals surface area contributed by atoms with Gasteiger partial charge in [0.15, 0.2) is 0 Å². The number of benzene rings is 1. The molecule has 2 heterocycles. The number of nitrogens with zero attached hydrogens (tertiary/aromatic N) is 3. The van der Waals surface area contributed by atoms with Gasteiger partial charge in [-0.05, 0) is 24.1 Å². The minimum Gasteiger partial charge on any atom is -0.258 e. The Kier molecular flexibility index (Phi) is 3.15. The Balaban J connectivity index is 2.18. The van der Waals surface area contributed by atoms with Crippen molar-refractivity contribution >= 4 is 27.4 Å². The molecule has 0 spiro atoms. The molecular weight excluding hydrogens is 274 g/mol. The quantitative estimate of drug-likeness (QED) is 0.541. The summed E-state index contributed by atoms with van der Waals surface area (Å²) >= 11 is 1.37. The number of aromatic nitrogens is 2. The maximum atomic E-state index is 11.1. The predicted molar refractivity (Wildman–Crippen MR) is 78.9 cm³/mol. The van der Waals surface area contributed by atoms with Gasteiger partial charge in [0.05, 0.1) is 10.5 Å². The highest BCUT2D eigenvalue weighted by Crippen LogP contribution is 2.34. The summed E-state index contributed by atoms with van der Waals surface area (Å²) in [5.41, 5.74) is 2.51. The first-order chi connectivity index (χ1) is 9.69. The third-order valence-electron chi connectivity index (χ3n) is 3.04. The lowest BCUT2D eigenvalue weighted by Crippen LogP contribution is -1.90. The third-order valence-corrected chi connectivity index (χ3v) is 4.06. The molecule has 0 radical (unpaired) electrons. The second-order valence-electron chi connectivity index (χ2n) is 4.31. The number of hydrogen-bond donors (Lipinski definition) is 0. The number of fused-ring (bicyclic) bond motifs is 1. The van der Waals surface area contributed by atoms with E-state index in [2.05, 4.69) is 16.9 Å². The summed E-state index contributed by atoms with van der Waals surface area (Å²) in [6.07, 6.45) is 2.71. The first kappa shape index (κ1) is 12.7. The molecule has 0 N–H and O–H groups in total. The van der Waals surface area contributed by atoms with Crippen LogP contribution >= 0.6 is 11.3 Å². The number of aryl methyl sites for hydroxylation is 1. The molecule has 0 bridgehead atoms. The molecule has 3 aromatic rings. The van der Waals surface area contributed by atoms with Crippen LogP contribution in [0.4, 0.5) is 5.69 Å². The van der Waals surface area contributed by atoms with Crippen LogP contribution in [-0.4, -0.2) is 14.9 Å². The van der Waals surface area contributed by atoms with E-state index in [4.69, 9.17) is 0 Å². The molecule has 0 amide bonds. The van der Waals surface area contributed by atoms with Crippen molar-refractivity contribution in [3.05, 3.63) is 52.2 Å². The highest BCUT2D eigenvalue weighted by atomic mass is 32.1. The summed E-state index contributed by atoms with van der Waals surface area (Å²) in [7, 11) is 0. The van der Waals surface area contributed by atoms with E-state index in [0.29, 0.717) is 10.6 Å². The third kappa shape index (κ3) is 2.14. The van der Waals surface area contributed by atoms with Crippen molar-refractivity contribution in [2.45, 2.75) is 13.3 Å². The second kappa shape index (κ2) is 4.97. The van der Waals surface area contributed by atoms with Gasteiger partial charge in [-0.3, -0.25) is 10.1 Å². The van der Waals surface area contributed by atoms with Crippen molar-refractivity contribution in [3.8, 4) is 10.6 Å². The van der Waals surface area contributed by atoms with Crippen LogP contribution in [0.15, 0.2) is 36.5 Å². The minimum absolute atomic E-state index is 0.0715. The Hall–Kier alpha value is -2.34. The molecule has 0 saturated heterocycles. The molecule has 20 heavy (non-hydrogen) atoms. The molecule has 2 aromatic heterocycles. The zero-order chi connectivity index (χ0) is 14.1. The van der Waals surface area contributed by atoms with E-state index in [1.807, 2.05) is 12.3 Å². The number of para-hydroxylation sites is 1. The monoisotopic (exact) mass is 285 g/mol. The van der Waals surface area contributed by atoms with Gasteiger partial charge in [0.2, 0.25) is 0 Å². The zero-order valence-electron chi connectivity index (χ0n) is 10.7. The van der Waals surface area contributed by atoms with E-state index in [0.717, 1.165) is 22.3 Å². The number of rotatable bonds is 3. The molecule has 0 aliphatic carbocycles. The first-order valence-corrected chi connectivity index (χ1v) is 7.00. The summed E-state index contributed by atoms with van der Waals surface area (Å²) in [5.74, 6) is 0. The molecule has 100 valence electrons. The van der Waals surface area contributed by atoms with Crippen LogP contribution in [0.1, 0.15) is 12.5 Å². The van der Waals surface area contributed by atoms with Crippen molar-refractivity contribution in [1.29, 1.82) is 0 Å². The fourth-order valence-electron chi connectivity index (χ4n) is 1.99. The highest BCUT2D eigenvalue weighted by molar-refractivity contribution is 7.21. The Morgan fingerprint density at radius 2 is 2.15 bits per heavy atom. The fourth-order valence-corrected chi connectivity index (χ4v) is 2.91. The van der Waals surface area contributed by atoms with Crippen LogP contribution in [-0.2, 0) is 6.42 Å². The summed E-state index contributed by atoms with van der Waals surface area (Å²) in [5, 5.41) is 11.7. The Morgan fingerprint density at radius 3 is 2.90 bits per heavy atom. The van der Waals surface area contributed by atoms with Crippen molar-refractivity contribution in [1.82, 2.24) is 9.97 Å². The van der Waals surface area contributed by atoms with Crippen molar-refractivity contribution in [3.63, 3.8) is 0 Å². The normalized spacial score (nSPS) is 10.8. The lowest BCUT2D eigenvalue weighted by Gasteiger charge is -1.97. The maximum absolute atomic E-state index is 11.1. The fraction of sp³-hybridized carbons (Fsp3) is 0.143. The lowest BCUT2D eigenvalue weighted by molar-refractivity contribution is -0.384. The van der Waals surface area contributed by atoms with Crippen LogP contribution in [0, 0.1) is 10.1 Å². The molecule has 0 fully saturated rings. The SMILES string of the molecule is CCc1cnc2sc(-c3ccccc3[N+](=O)[O-])nc2c1. The van der Waals surface area contributed by atoms with Gasteiger partial charge in [0.1, 0.15) is 15.4 Å². The number of pyridine rings is 1. The molecule has 0 unspecified atom stereocenters. The number of nitro benzene ring substituents is 1. The number of nitro groups is 1. The maximum Gasteiger partial charge on any atom is 0.279 e. The molecule has 1 aromatic carbocycles. The van der Waals surface area contributed by atoms with E-state index in [1.165, 1.54) is 17.4 Å². The summed E-state index contributed by atoms with van der Waals surface area (Å²) in [6, 6.07) is 8.63. The number of hydrogen-bond acceptors (Lipinski definition) is 5. The van der Waals surface area contributed by atoms with Gasteiger partial charge in [0, 0.05) is 12.3 Å². The van der Waals surface area contributed by atoms with Crippen molar-refractivity contribution < 1.29 is 4.92 Å². The topological polar surface area (TPSA) is 68.9 Å². The summed E-state index contributed by atoms with van der Waals surface area (Å²) in [4.78, 5) is 20.3. The van der Waals surface area contributed by atoms with Crippen LogP contribution in [0.2, 0.25) is 0 Å². The minimum atomic E-state index is -0.383. The van der Waals surface area contributed by atoms with Crippen LogP contribution in [0.25, 0.3) is 20.9 Å². The smallest absolute Gasteiger partial charge is 0.258 e. The molecule has 0 atom stereocenters. The van der Waals surface area contributed by atoms with Crippen LogP contribution < -0.4 is 0 Å². The van der Waals surface area contributed by atoms with Gasteiger partial charge in [-0.1, -0.05) is 30.4 Å². The Labute approximate surface area is 119 Å². The van der Waals surface area contributed by atoms with Gasteiger partial charge in [-0.2, -0.15) is 0 Å². The average molecular weight is 285 g/mol. The van der Waals surface area contributed by atoms with Gasteiger partial charge >= 0.3 is 0 Å². The molecule has 0 saturated carbocycles.